The second-order valence-electron chi connectivity index (χ2n) is 6.99. The fourth-order valence-corrected chi connectivity index (χ4v) is 4.42. The molecular formula is C24H12BrN3O4S. The summed E-state index contributed by atoms with van der Waals surface area (Å²) in [7, 11) is 0. The van der Waals surface area contributed by atoms with Gasteiger partial charge in [0.15, 0.2) is 0 Å². The van der Waals surface area contributed by atoms with Crippen LogP contribution in [0.2, 0.25) is 0 Å². The number of hydrogen-bond donors (Lipinski definition) is 1. The lowest BCUT2D eigenvalue weighted by atomic mass is 10.1. The molecule has 0 aliphatic rings. The van der Waals surface area contributed by atoms with Crippen LogP contribution in [0.15, 0.2) is 89.1 Å². The summed E-state index contributed by atoms with van der Waals surface area (Å²) in [6.07, 6.45) is 1.54. The largest absolute Gasteiger partial charge is 0.423 e. The quantitative estimate of drug-likeness (QED) is 0.238. The molecule has 3 heterocycles. The van der Waals surface area contributed by atoms with Crippen molar-refractivity contribution in [2.75, 3.05) is 5.32 Å². The van der Waals surface area contributed by atoms with E-state index < -0.39 is 11.3 Å². The van der Waals surface area contributed by atoms with Gasteiger partial charge in [0.05, 0.1) is 11.3 Å². The summed E-state index contributed by atoms with van der Waals surface area (Å²) in [5.41, 5.74) is 1.83. The Morgan fingerprint density at radius 3 is 2.70 bits per heavy atom. The number of nitriles is 1. The van der Waals surface area contributed by atoms with Gasteiger partial charge in [0, 0.05) is 38.6 Å². The van der Waals surface area contributed by atoms with Crippen LogP contribution in [0.3, 0.4) is 0 Å². The summed E-state index contributed by atoms with van der Waals surface area (Å²) in [6.45, 7) is 0. The lowest BCUT2D eigenvalue weighted by Gasteiger charge is -2.03. The van der Waals surface area contributed by atoms with Gasteiger partial charge in [-0.2, -0.15) is 5.26 Å². The van der Waals surface area contributed by atoms with E-state index in [0.717, 1.165) is 15.2 Å². The van der Waals surface area contributed by atoms with Crippen LogP contribution in [-0.4, -0.2) is 4.98 Å². The third-order valence-corrected chi connectivity index (χ3v) is 6.20. The molecule has 9 heteroatoms. The van der Waals surface area contributed by atoms with Crippen molar-refractivity contribution >= 4 is 60.5 Å². The first-order chi connectivity index (χ1) is 16.0. The third kappa shape index (κ3) is 4.22. The van der Waals surface area contributed by atoms with E-state index in [1.54, 1.807) is 54.0 Å². The highest BCUT2D eigenvalue weighted by Gasteiger charge is 2.14. The van der Waals surface area contributed by atoms with Crippen LogP contribution in [0, 0.1) is 11.3 Å². The average Bonchev–Trinajstić information content (AvgIpc) is 3.29. The van der Waals surface area contributed by atoms with Gasteiger partial charge in [-0.25, -0.2) is 14.6 Å². The smallest absolute Gasteiger partial charge is 0.345 e. The molecule has 3 aromatic heterocycles. The van der Waals surface area contributed by atoms with Gasteiger partial charge >= 0.3 is 11.3 Å². The Morgan fingerprint density at radius 2 is 1.85 bits per heavy atom. The minimum atomic E-state index is -0.495. The first kappa shape index (κ1) is 20.9. The lowest BCUT2D eigenvalue weighted by molar-refractivity contribution is 0.561. The van der Waals surface area contributed by atoms with Crippen LogP contribution < -0.4 is 16.6 Å². The van der Waals surface area contributed by atoms with Crippen LogP contribution in [-0.2, 0) is 0 Å². The Morgan fingerprint density at radius 1 is 1.03 bits per heavy atom. The molecule has 0 radical (unpaired) electrons. The molecule has 0 saturated carbocycles. The molecule has 0 saturated heterocycles. The van der Waals surface area contributed by atoms with Crippen molar-refractivity contribution in [1.29, 1.82) is 5.26 Å². The van der Waals surface area contributed by atoms with Gasteiger partial charge in [-0.1, -0.05) is 15.9 Å². The number of aromatic nitrogens is 1. The number of thiazole rings is 1. The van der Waals surface area contributed by atoms with Crippen LogP contribution in [0.1, 0.15) is 5.01 Å². The minimum Gasteiger partial charge on any atom is -0.423 e. The van der Waals surface area contributed by atoms with E-state index >= 15 is 0 Å². The van der Waals surface area contributed by atoms with E-state index in [4.69, 9.17) is 8.83 Å². The molecule has 0 spiro atoms. The van der Waals surface area contributed by atoms with Crippen molar-refractivity contribution in [3.05, 3.63) is 96.5 Å². The standard InChI is InChI=1S/C24H12BrN3O4S/c25-16-2-4-21-14(7-16)9-18(24(30)32-21)19-12-33-23(28-19)15(10-26)11-27-17-3-5-20-13(8-17)1-6-22(29)31-20/h1-9,11-12,27H. The van der Waals surface area contributed by atoms with Crippen molar-refractivity contribution in [1.82, 2.24) is 4.98 Å². The predicted octanol–water partition coefficient (Wildman–Crippen LogP) is 5.76. The maximum absolute atomic E-state index is 12.5. The molecular weight excluding hydrogens is 506 g/mol. The summed E-state index contributed by atoms with van der Waals surface area (Å²) in [4.78, 5) is 28.3. The highest BCUT2D eigenvalue weighted by molar-refractivity contribution is 9.10. The highest BCUT2D eigenvalue weighted by atomic mass is 79.9. The van der Waals surface area contributed by atoms with Crippen LogP contribution >= 0.6 is 27.3 Å². The molecule has 0 atom stereocenters. The van der Waals surface area contributed by atoms with Crippen LogP contribution in [0.25, 0.3) is 38.8 Å². The normalized spacial score (nSPS) is 11.6. The Kier molecular flexibility index (Phi) is 5.38. The molecule has 0 aliphatic carbocycles. The summed E-state index contributed by atoms with van der Waals surface area (Å²) in [6, 6.07) is 17.5. The maximum Gasteiger partial charge on any atom is 0.345 e. The van der Waals surface area contributed by atoms with Crippen molar-refractivity contribution < 1.29 is 8.83 Å². The molecule has 7 nitrogen and oxygen atoms in total. The Hall–Kier alpha value is -4.00. The number of fused-ring (bicyclic) bond motifs is 2. The summed E-state index contributed by atoms with van der Waals surface area (Å²) >= 11 is 4.67. The molecule has 0 bridgehead atoms. The zero-order valence-electron chi connectivity index (χ0n) is 16.7. The number of halogens is 1. The number of allylic oxidation sites excluding steroid dienone is 1. The van der Waals surface area contributed by atoms with E-state index in [9.17, 15) is 14.9 Å². The van der Waals surface area contributed by atoms with Gasteiger partial charge in [0.1, 0.15) is 27.8 Å². The summed E-state index contributed by atoms with van der Waals surface area (Å²) in [5, 5.41) is 16.4. The van der Waals surface area contributed by atoms with Gasteiger partial charge in [0.2, 0.25) is 0 Å². The van der Waals surface area contributed by atoms with E-state index in [-0.39, 0.29) is 0 Å². The molecule has 1 N–H and O–H groups in total. The molecule has 0 aliphatic heterocycles. The van der Waals surface area contributed by atoms with Crippen LogP contribution in [0.5, 0.6) is 0 Å². The topological polar surface area (TPSA) is 109 Å². The molecule has 0 amide bonds. The summed E-state index contributed by atoms with van der Waals surface area (Å²) < 4.78 is 11.4. The Bertz CT molecular complexity index is 1730. The predicted molar refractivity (Wildman–Crippen MR) is 131 cm³/mol. The van der Waals surface area contributed by atoms with Gasteiger partial charge in [-0.15, -0.1) is 11.3 Å². The van der Waals surface area contributed by atoms with E-state index in [0.29, 0.717) is 38.7 Å². The maximum atomic E-state index is 12.5. The van der Waals surface area contributed by atoms with Crippen LogP contribution in [0.4, 0.5) is 5.69 Å². The minimum absolute atomic E-state index is 0.305. The second-order valence-corrected chi connectivity index (χ2v) is 8.76. The van der Waals surface area contributed by atoms with E-state index in [2.05, 4.69) is 32.3 Å². The zero-order valence-corrected chi connectivity index (χ0v) is 19.1. The average molecular weight is 518 g/mol. The van der Waals surface area contributed by atoms with Crippen molar-refractivity contribution in [3.63, 3.8) is 0 Å². The number of benzene rings is 2. The van der Waals surface area contributed by atoms with Gasteiger partial charge in [0.25, 0.3) is 0 Å². The fourth-order valence-electron chi connectivity index (χ4n) is 3.25. The lowest BCUT2D eigenvalue weighted by Crippen LogP contribution is -2.03. The molecule has 5 aromatic rings. The second kappa shape index (κ2) is 8.50. The third-order valence-electron chi connectivity index (χ3n) is 4.83. The number of nitrogens with one attached hydrogen (secondary N) is 1. The van der Waals surface area contributed by atoms with Crippen molar-refractivity contribution in [3.8, 4) is 17.3 Å². The highest BCUT2D eigenvalue weighted by Crippen LogP contribution is 2.28. The molecule has 160 valence electrons. The molecule has 0 unspecified atom stereocenters. The molecule has 0 fully saturated rings. The van der Waals surface area contributed by atoms with Gasteiger partial charge in [-0.3, -0.25) is 0 Å². The number of rotatable bonds is 4. The van der Waals surface area contributed by atoms with Gasteiger partial charge < -0.3 is 14.2 Å². The first-order valence-corrected chi connectivity index (χ1v) is 11.3. The molecule has 33 heavy (non-hydrogen) atoms. The zero-order chi connectivity index (χ0) is 22.9. The molecule has 2 aromatic carbocycles. The monoisotopic (exact) mass is 517 g/mol. The van der Waals surface area contributed by atoms with E-state index in [1.165, 1.54) is 17.4 Å². The summed E-state index contributed by atoms with van der Waals surface area (Å²) in [5.74, 6) is 0. The Labute approximate surface area is 198 Å². The SMILES string of the molecule is N#CC(=CNc1ccc2oc(=O)ccc2c1)c1nc(-c2cc3cc(Br)ccc3oc2=O)cs1. The van der Waals surface area contributed by atoms with Crippen molar-refractivity contribution in [2.24, 2.45) is 0 Å². The number of anilines is 1. The van der Waals surface area contributed by atoms with Gasteiger partial charge in [-0.05, 0) is 48.5 Å². The Balaban J connectivity index is 1.45. The fraction of sp³-hybridized carbons (Fsp3) is 0. The van der Waals surface area contributed by atoms with Crippen molar-refractivity contribution in [2.45, 2.75) is 0 Å². The van der Waals surface area contributed by atoms with E-state index in [1.807, 2.05) is 6.07 Å². The first-order valence-electron chi connectivity index (χ1n) is 9.60. The number of nitrogens with zero attached hydrogens (tertiary/aromatic N) is 2. The molecule has 5 rings (SSSR count). The number of hydrogen-bond acceptors (Lipinski definition) is 8.